The van der Waals surface area contributed by atoms with Crippen molar-refractivity contribution in [3.05, 3.63) is 49.3 Å². The van der Waals surface area contributed by atoms with Crippen LogP contribution in [0, 0.1) is 0 Å². The van der Waals surface area contributed by atoms with Gasteiger partial charge >= 0.3 is 0 Å². The van der Waals surface area contributed by atoms with Crippen molar-refractivity contribution in [2.45, 2.75) is 102 Å². The van der Waals surface area contributed by atoms with E-state index >= 15 is 0 Å². The van der Waals surface area contributed by atoms with Gasteiger partial charge in [0.25, 0.3) is 0 Å². The van der Waals surface area contributed by atoms with Crippen molar-refractivity contribution >= 4 is 76.0 Å². The Hall–Kier alpha value is -5.21. The number of hydrogen-bond acceptors (Lipinski definition) is 15. The minimum absolute atomic E-state index is 0.0524. The summed E-state index contributed by atoms with van der Waals surface area (Å²) in [4.78, 5) is 60.3. The highest BCUT2D eigenvalue weighted by molar-refractivity contribution is 8.13. The summed E-state index contributed by atoms with van der Waals surface area (Å²) in [6.07, 6.45) is 22.1. The quantitative estimate of drug-likeness (QED) is 0.216. The highest BCUT2D eigenvalue weighted by Gasteiger charge is 2.43. The number of fused-ring (bicyclic) bond motifs is 2. The molecule has 0 saturated heterocycles. The number of amides is 2. The molecule has 0 bridgehead atoms. The van der Waals surface area contributed by atoms with Gasteiger partial charge < -0.3 is 25.3 Å². The van der Waals surface area contributed by atoms with E-state index < -0.39 is 19.1 Å². The maximum Gasteiger partial charge on any atom is 0.249 e. The maximum absolute atomic E-state index is 13.0. The van der Waals surface area contributed by atoms with E-state index in [0.717, 1.165) is 80.3 Å². The molecule has 2 atom stereocenters. The molecular weight excluding hydrogens is 844 g/mol. The second-order valence-corrected chi connectivity index (χ2v) is 20.4. The van der Waals surface area contributed by atoms with E-state index in [0.29, 0.717) is 46.7 Å². The highest BCUT2D eigenvalue weighted by atomic mass is 35.7. The molecule has 21 heteroatoms. The lowest BCUT2D eigenvalue weighted by molar-refractivity contribution is -0.120. The third-order valence-corrected chi connectivity index (χ3v) is 11.9. The van der Waals surface area contributed by atoms with Crippen LogP contribution in [-0.4, -0.2) is 109 Å². The van der Waals surface area contributed by atoms with Crippen molar-refractivity contribution in [1.29, 1.82) is 0 Å². The molecule has 4 aliphatic rings. The second-order valence-electron chi connectivity index (χ2n) is 15.6. The molecule has 0 spiro atoms. The summed E-state index contributed by atoms with van der Waals surface area (Å²) < 4.78 is 44.8. The number of pyridine rings is 2. The van der Waals surface area contributed by atoms with Crippen LogP contribution in [0.4, 0.5) is 34.4 Å². The van der Waals surface area contributed by atoms with Gasteiger partial charge in [0.05, 0.1) is 48.7 Å². The first-order valence-electron chi connectivity index (χ1n) is 20.3. The van der Waals surface area contributed by atoms with Crippen LogP contribution in [0.25, 0.3) is 22.8 Å². The number of nitrogens with two attached hydrogens (primary N) is 1. The summed E-state index contributed by atoms with van der Waals surface area (Å²) in [5, 5.41) is 0. The fourth-order valence-electron chi connectivity index (χ4n) is 8.51. The van der Waals surface area contributed by atoms with Crippen LogP contribution in [0.15, 0.2) is 49.3 Å². The number of hydrogen-bond donors (Lipinski definition) is 2. The fraction of sp³-hybridized carbons (Fsp3) is 0.500. The number of halogens is 1. The van der Waals surface area contributed by atoms with Crippen molar-refractivity contribution in [1.82, 2.24) is 29.9 Å². The lowest BCUT2D eigenvalue weighted by Crippen LogP contribution is -2.55. The number of nitrogens with zero attached hydrogens (tertiary/aromatic N) is 10. The number of nitrogen functional groups attached to an aromatic ring is 1. The number of rotatable bonds is 8. The lowest BCUT2D eigenvalue weighted by atomic mass is 10.0. The molecule has 4 aromatic heterocycles. The molecule has 0 unspecified atom stereocenters. The van der Waals surface area contributed by atoms with Crippen molar-refractivity contribution < 1.29 is 26.4 Å². The average Bonchev–Trinajstić information content (AvgIpc) is 3.95. The molecule has 2 aliphatic heterocycles. The number of sulfonamides is 1. The summed E-state index contributed by atoms with van der Waals surface area (Å²) in [5.41, 5.74) is 9.68. The van der Waals surface area contributed by atoms with Crippen LogP contribution in [0.5, 0.6) is 0 Å². The summed E-state index contributed by atoms with van der Waals surface area (Å²) in [5.74, 6) is 2.70. The minimum atomic E-state index is -3.49. The number of anilines is 6. The standard InChI is InChI=1S/C20H26N6O3S.C19H24N6O.CH3ClO2S/c1-4-16-20(27)25(2)17-12-22-18(23-19(17)26(16)13-7-5-6-8-13)14-9-10-21-11-15(14)24-30(3,28)29;1-3-15-19(26)24(2)16-11-22-17(13-8-9-21-10-14(13)20)23-18(16)25(15)12-6-4-5-7-12;1-5(2,3)4/h9-13,16,24H,4-8H2,1-3H3;8-12,15H,3-7,20H2,1-2H3;1H3/t16-;15-;/m11./s1. The molecule has 4 aromatic rings. The Bertz CT molecular complexity index is 2460. The molecule has 0 radical (unpaired) electrons. The van der Waals surface area contributed by atoms with Gasteiger partial charge in [-0.15, -0.1) is 0 Å². The van der Waals surface area contributed by atoms with Gasteiger partial charge in [0, 0.05) is 60.4 Å². The Morgan fingerprint density at radius 3 is 1.52 bits per heavy atom. The number of carbonyl (C=O) groups is 2. The predicted octanol–water partition coefficient (Wildman–Crippen LogP) is 5.22. The zero-order valence-corrected chi connectivity index (χ0v) is 37.6. The van der Waals surface area contributed by atoms with E-state index in [1.165, 1.54) is 19.0 Å². The molecule has 2 saturated carbocycles. The normalized spacial score (nSPS) is 19.5. The predicted molar refractivity (Wildman–Crippen MR) is 239 cm³/mol. The van der Waals surface area contributed by atoms with E-state index in [2.05, 4.69) is 52.1 Å². The van der Waals surface area contributed by atoms with E-state index in [9.17, 15) is 26.4 Å². The average molecular weight is 898 g/mol. The molecule has 61 heavy (non-hydrogen) atoms. The molecule has 8 rings (SSSR count). The first-order valence-corrected chi connectivity index (χ1v) is 24.9. The largest absolute Gasteiger partial charge is 0.397 e. The number of likely N-dealkylation sites (N-methyl/N-ethyl adjacent to an activating group) is 2. The number of carbonyl (C=O) groups excluding carboxylic acids is 2. The maximum atomic E-state index is 13.0. The molecule has 2 aliphatic carbocycles. The summed E-state index contributed by atoms with van der Waals surface area (Å²) in [7, 11) is 1.38. The van der Waals surface area contributed by atoms with E-state index in [1.54, 1.807) is 60.9 Å². The molecule has 328 valence electrons. The van der Waals surface area contributed by atoms with Crippen molar-refractivity contribution in [2.24, 2.45) is 0 Å². The van der Waals surface area contributed by atoms with Crippen LogP contribution in [0.2, 0.25) is 0 Å². The van der Waals surface area contributed by atoms with Gasteiger partial charge in [-0.05, 0) is 50.7 Å². The molecule has 2 fully saturated rings. The van der Waals surface area contributed by atoms with Gasteiger partial charge in [-0.3, -0.25) is 24.3 Å². The van der Waals surface area contributed by atoms with E-state index in [4.69, 9.17) is 15.7 Å². The molecule has 2 amide bonds. The zero-order valence-electron chi connectivity index (χ0n) is 35.2. The van der Waals surface area contributed by atoms with Crippen molar-refractivity contribution in [2.75, 3.05) is 56.7 Å². The van der Waals surface area contributed by atoms with Gasteiger partial charge in [-0.1, -0.05) is 39.5 Å². The summed E-state index contributed by atoms with van der Waals surface area (Å²) >= 11 is 0. The highest BCUT2D eigenvalue weighted by Crippen LogP contribution is 2.42. The second kappa shape index (κ2) is 18.8. The Morgan fingerprint density at radius 2 is 1.11 bits per heavy atom. The summed E-state index contributed by atoms with van der Waals surface area (Å²) in [6.45, 7) is 4.08. The third-order valence-electron chi connectivity index (χ3n) is 11.3. The Balaban J connectivity index is 0.000000185. The Kier molecular flexibility index (Phi) is 14.0. The van der Waals surface area contributed by atoms with E-state index in [-0.39, 0.29) is 29.9 Å². The Labute approximate surface area is 361 Å². The van der Waals surface area contributed by atoms with E-state index in [1.807, 2.05) is 13.0 Å². The Morgan fingerprint density at radius 1 is 0.705 bits per heavy atom. The topological polar surface area (TPSA) is 231 Å². The van der Waals surface area contributed by atoms with Crippen LogP contribution >= 0.6 is 10.7 Å². The first-order chi connectivity index (χ1) is 28.9. The number of aromatic nitrogens is 6. The molecule has 18 nitrogen and oxygen atoms in total. The minimum Gasteiger partial charge on any atom is -0.397 e. The van der Waals surface area contributed by atoms with Gasteiger partial charge in [-0.2, -0.15) is 0 Å². The van der Waals surface area contributed by atoms with Crippen LogP contribution in [0.1, 0.15) is 78.1 Å². The van der Waals surface area contributed by atoms with Crippen molar-refractivity contribution in [3.8, 4) is 22.8 Å². The van der Waals surface area contributed by atoms with Gasteiger partial charge in [0.1, 0.15) is 23.5 Å². The third kappa shape index (κ3) is 10.3. The number of nitrogens with one attached hydrogen (secondary N) is 1. The molecule has 6 heterocycles. The molecule has 3 N–H and O–H groups in total. The van der Waals surface area contributed by atoms with Gasteiger partial charge in [0.15, 0.2) is 23.3 Å². The van der Waals surface area contributed by atoms with Crippen LogP contribution in [0.3, 0.4) is 0 Å². The van der Waals surface area contributed by atoms with Gasteiger partial charge in [-0.25, -0.2) is 36.8 Å². The van der Waals surface area contributed by atoms with Gasteiger partial charge in [0.2, 0.25) is 30.9 Å². The fourth-order valence-corrected chi connectivity index (χ4v) is 9.07. The van der Waals surface area contributed by atoms with Crippen molar-refractivity contribution in [3.63, 3.8) is 0 Å². The molecule has 0 aromatic carbocycles. The van der Waals surface area contributed by atoms with Crippen LogP contribution < -0.4 is 30.1 Å². The lowest BCUT2D eigenvalue weighted by Gasteiger charge is -2.43. The summed E-state index contributed by atoms with van der Waals surface area (Å²) in [6, 6.07) is 3.69. The molecular formula is C40H53ClN12O6S2. The first kappa shape index (κ1) is 45.3. The SMILES string of the molecule is CC[C@@H]1C(=O)N(C)c2cnc(-c3ccncc3N)nc2N1C1CCCC1.CC[C@@H]1C(=O)N(C)c2cnc(-c3ccncc3NS(C)(=O)=O)nc2N1C1CCCC1.CS(=O)(=O)Cl. The smallest absolute Gasteiger partial charge is 0.249 e. The van der Waals surface area contributed by atoms with Crippen LogP contribution in [-0.2, 0) is 28.7 Å². The zero-order chi connectivity index (χ0) is 44.2. The monoisotopic (exact) mass is 896 g/mol.